The standard InChI is InChI=1S/C10H11N3O4S2/c1-5-3-9(13-17-5)12-10(14)7-4-8(6(2)18-7)19(11,15)16/h3-4H,1-2H3,(H2,11,15,16)(H,12,13,14). The maximum absolute atomic E-state index is 11.9. The number of nitrogens with zero attached hydrogens (tertiary/aromatic N) is 1. The van der Waals surface area contributed by atoms with Crippen molar-refractivity contribution in [3.05, 3.63) is 27.6 Å². The topological polar surface area (TPSA) is 115 Å². The fourth-order valence-electron chi connectivity index (χ4n) is 1.46. The first-order valence-electron chi connectivity index (χ1n) is 5.15. The molecule has 0 aromatic carbocycles. The van der Waals surface area contributed by atoms with Crippen LogP contribution in [0.2, 0.25) is 0 Å². The number of rotatable bonds is 3. The normalized spacial score (nSPS) is 11.5. The molecule has 1 amide bonds. The zero-order chi connectivity index (χ0) is 14.2. The maximum Gasteiger partial charge on any atom is 0.267 e. The summed E-state index contributed by atoms with van der Waals surface area (Å²) in [5, 5.41) is 11.2. The number of sulfonamides is 1. The van der Waals surface area contributed by atoms with E-state index in [1.807, 2.05) is 0 Å². The van der Waals surface area contributed by atoms with Crippen molar-refractivity contribution < 1.29 is 17.7 Å². The highest BCUT2D eigenvalue weighted by atomic mass is 32.2. The molecule has 0 spiro atoms. The second kappa shape index (κ2) is 4.76. The number of nitrogens with one attached hydrogen (secondary N) is 1. The summed E-state index contributed by atoms with van der Waals surface area (Å²) in [6.45, 7) is 3.28. The average Bonchev–Trinajstić information content (AvgIpc) is 2.84. The Bertz CT molecular complexity index is 730. The van der Waals surface area contributed by atoms with E-state index in [0.717, 1.165) is 11.3 Å². The number of nitrogens with two attached hydrogens (primary N) is 1. The quantitative estimate of drug-likeness (QED) is 0.885. The number of hydrogen-bond donors (Lipinski definition) is 2. The summed E-state index contributed by atoms with van der Waals surface area (Å²) in [4.78, 5) is 12.6. The molecule has 9 heteroatoms. The molecule has 19 heavy (non-hydrogen) atoms. The van der Waals surface area contributed by atoms with Crippen molar-refractivity contribution in [3.8, 4) is 0 Å². The third kappa shape index (κ3) is 3.00. The molecule has 0 aliphatic heterocycles. The molecule has 102 valence electrons. The van der Waals surface area contributed by atoms with Gasteiger partial charge in [-0.1, -0.05) is 5.16 Å². The number of anilines is 1. The van der Waals surface area contributed by atoms with Crippen LogP contribution >= 0.6 is 11.3 Å². The second-order valence-corrected chi connectivity index (χ2v) is 6.64. The number of carbonyl (C=O) groups excluding carboxylic acids is 1. The molecule has 0 aliphatic rings. The predicted octanol–water partition coefficient (Wildman–Crippen LogP) is 1.25. The van der Waals surface area contributed by atoms with Crippen LogP contribution in [0.4, 0.5) is 5.82 Å². The third-order valence-electron chi connectivity index (χ3n) is 2.27. The van der Waals surface area contributed by atoms with Gasteiger partial charge in [-0.15, -0.1) is 11.3 Å². The molecule has 3 N–H and O–H groups in total. The van der Waals surface area contributed by atoms with Gasteiger partial charge in [0.1, 0.15) is 5.76 Å². The molecule has 0 saturated carbocycles. The Hall–Kier alpha value is -1.71. The first-order chi connectivity index (χ1) is 8.77. The largest absolute Gasteiger partial charge is 0.360 e. The van der Waals surface area contributed by atoms with Crippen molar-refractivity contribution in [2.75, 3.05) is 5.32 Å². The predicted molar refractivity (Wildman–Crippen MR) is 69.6 cm³/mol. The van der Waals surface area contributed by atoms with Gasteiger partial charge in [0, 0.05) is 10.9 Å². The highest BCUT2D eigenvalue weighted by Crippen LogP contribution is 2.25. The van der Waals surface area contributed by atoms with Gasteiger partial charge >= 0.3 is 0 Å². The summed E-state index contributed by atoms with van der Waals surface area (Å²) in [6, 6.07) is 2.80. The van der Waals surface area contributed by atoms with Crippen LogP contribution in [0.25, 0.3) is 0 Å². The minimum absolute atomic E-state index is 0.0426. The molecule has 2 aromatic rings. The van der Waals surface area contributed by atoms with Crippen molar-refractivity contribution in [2.24, 2.45) is 5.14 Å². The third-order valence-corrected chi connectivity index (χ3v) is 4.49. The van der Waals surface area contributed by atoms with Gasteiger partial charge in [0.25, 0.3) is 5.91 Å². The molecule has 0 bridgehead atoms. The van der Waals surface area contributed by atoms with Crippen LogP contribution in [0.1, 0.15) is 20.3 Å². The molecule has 0 aliphatic carbocycles. The van der Waals surface area contributed by atoms with E-state index in [4.69, 9.17) is 9.66 Å². The monoisotopic (exact) mass is 301 g/mol. The van der Waals surface area contributed by atoms with E-state index in [9.17, 15) is 13.2 Å². The van der Waals surface area contributed by atoms with Gasteiger partial charge in [-0.3, -0.25) is 4.79 Å². The number of aromatic nitrogens is 1. The summed E-state index contributed by atoms with van der Waals surface area (Å²) in [5.74, 6) is 0.366. The Kier molecular flexibility index (Phi) is 3.43. The Morgan fingerprint density at radius 3 is 2.58 bits per heavy atom. The van der Waals surface area contributed by atoms with E-state index in [2.05, 4.69) is 10.5 Å². The summed E-state index contributed by atoms with van der Waals surface area (Å²) >= 11 is 1.05. The first kappa shape index (κ1) is 13.7. The van der Waals surface area contributed by atoms with Crippen molar-refractivity contribution in [1.82, 2.24) is 5.16 Å². The summed E-state index contributed by atoms with van der Waals surface area (Å²) in [7, 11) is -3.82. The van der Waals surface area contributed by atoms with Gasteiger partial charge in [-0.25, -0.2) is 13.6 Å². The van der Waals surface area contributed by atoms with E-state index in [1.165, 1.54) is 6.07 Å². The molecule has 0 unspecified atom stereocenters. The average molecular weight is 301 g/mol. The number of thiophene rings is 1. The summed E-state index contributed by atoms with van der Waals surface area (Å²) < 4.78 is 27.4. The lowest BCUT2D eigenvalue weighted by Gasteiger charge is -1.96. The van der Waals surface area contributed by atoms with Crippen LogP contribution in [0.15, 0.2) is 21.6 Å². The van der Waals surface area contributed by atoms with Gasteiger partial charge in [-0.2, -0.15) is 0 Å². The number of aryl methyl sites for hydroxylation is 2. The van der Waals surface area contributed by atoms with Crippen molar-refractivity contribution in [2.45, 2.75) is 18.7 Å². The molecular formula is C10H11N3O4S2. The number of amides is 1. The molecule has 2 rings (SSSR count). The van der Waals surface area contributed by atoms with Gasteiger partial charge in [0.05, 0.1) is 9.77 Å². The van der Waals surface area contributed by atoms with Crippen molar-refractivity contribution >= 4 is 33.1 Å². The molecule has 2 aromatic heterocycles. The fourth-order valence-corrected chi connectivity index (χ4v) is 3.50. The van der Waals surface area contributed by atoms with Crippen LogP contribution in [-0.2, 0) is 10.0 Å². The molecule has 0 fully saturated rings. The van der Waals surface area contributed by atoms with E-state index < -0.39 is 15.9 Å². The number of carbonyl (C=O) groups is 1. The maximum atomic E-state index is 11.9. The Morgan fingerprint density at radius 1 is 1.42 bits per heavy atom. The van der Waals surface area contributed by atoms with Crippen molar-refractivity contribution in [1.29, 1.82) is 0 Å². The number of hydrogen-bond acceptors (Lipinski definition) is 6. The highest BCUT2D eigenvalue weighted by molar-refractivity contribution is 7.89. The lowest BCUT2D eigenvalue weighted by Crippen LogP contribution is -2.13. The Morgan fingerprint density at radius 2 is 2.11 bits per heavy atom. The molecule has 2 heterocycles. The first-order valence-corrected chi connectivity index (χ1v) is 7.51. The minimum atomic E-state index is -3.82. The zero-order valence-electron chi connectivity index (χ0n) is 10.1. The van der Waals surface area contributed by atoms with Crippen LogP contribution in [0.5, 0.6) is 0 Å². The lowest BCUT2D eigenvalue weighted by molar-refractivity contribution is 0.102. The smallest absolute Gasteiger partial charge is 0.267 e. The summed E-state index contributed by atoms with van der Waals surface area (Å²) in [5.41, 5.74) is 0. The molecule has 7 nitrogen and oxygen atoms in total. The number of primary sulfonamides is 1. The Balaban J connectivity index is 2.25. The lowest BCUT2D eigenvalue weighted by atomic mass is 10.4. The SMILES string of the molecule is Cc1cc(NC(=O)c2cc(S(N)(=O)=O)c(C)s2)no1. The van der Waals surface area contributed by atoms with E-state index in [1.54, 1.807) is 19.9 Å². The summed E-state index contributed by atoms with van der Waals surface area (Å²) in [6.07, 6.45) is 0. The molecule has 0 saturated heterocycles. The molecule has 0 radical (unpaired) electrons. The van der Waals surface area contributed by atoms with Gasteiger partial charge in [-0.05, 0) is 19.9 Å². The van der Waals surface area contributed by atoms with Gasteiger partial charge < -0.3 is 9.84 Å². The molecule has 0 atom stereocenters. The van der Waals surface area contributed by atoms with Gasteiger partial charge in [0.2, 0.25) is 10.0 Å². The van der Waals surface area contributed by atoms with Crippen LogP contribution in [0.3, 0.4) is 0 Å². The van der Waals surface area contributed by atoms with Crippen LogP contribution in [0, 0.1) is 13.8 Å². The van der Waals surface area contributed by atoms with Crippen LogP contribution < -0.4 is 10.5 Å². The van der Waals surface area contributed by atoms with Gasteiger partial charge in [0.15, 0.2) is 5.82 Å². The highest BCUT2D eigenvalue weighted by Gasteiger charge is 2.19. The van der Waals surface area contributed by atoms with Crippen molar-refractivity contribution in [3.63, 3.8) is 0 Å². The second-order valence-electron chi connectivity index (χ2n) is 3.85. The van der Waals surface area contributed by atoms with E-state index in [0.29, 0.717) is 10.6 Å². The van der Waals surface area contributed by atoms with E-state index in [-0.39, 0.29) is 15.6 Å². The fraction of sp³-hybridized carbons (Fsp3) is 0.200. The van der Waals surface area contributed by atoms with E-state index >= 15 is 0 Å². The zero-order valence-corrected chi connectivity index (χ0v) is 11.8. The van der Waals surface area contributed by atoms with Crippen LogP contribution in [-0.4, -0.2) is 19.5 Å². The Labute approximate surface area is 113 Å². The minimum Gasteiger partial charge on any atom is -0.360 e. The molecular weight excluding hydrogens is 290 g/mol.